The van der Waals surface area contributed by atoms with Crippen LogP contribution in [0.1, 0.15) is 40.0 Å². The second-order valence-electron chi connectivity index (χ2n) is 5.45. The number of carboxylic acid groups (broad SMARTS) is 1. The van der Waals surface area contributed by atoms with Crippen molar-refractivity contribution in [2.45, 2.75) is 40.0 Å². The van der Waals surface area contributed by atoms with E-state index in [4.69, 9.17) is 5.11 Å². The Morgan fingerprint density at radius 2 is 1.80 bits per heavy atom. The monoisotopic (exact) mass is 286 g/mol. The Kier molecular flexibility index (Phi) is 8.59. The van der Waals surface area contributed by atoms with Crippen LogP contribution in [0.2, 0.25) is 0 Å². The lowest BCUT2D eigenvalue weighted by molar-refractivity contribution is -0.137. The standard InChI is InChI=1S/C14H26N2O4/c1-10(2)12(5-6-14(19)20)7-8-15-13(18)9-16(4)11(3)17/h10,12H,5-9H2,1-4H3,(H,15,18)(H,19,20). The maximum atomic E-state index is 11.6. The first kappa shape index (κ1) is 18.4. The first-order chi connectivity index (χ1) is 9.23. The van der Waals surface area contributed by atoms with E-state index in [9.17, 15) is 14.4 Å². The number of nitrogens with zero attached hydrogens (tertiary/aromatic N) is 1. The van der Waals surface area contributed by atoms with Gasteiger partial charge in [0.05, 0.1) is 6.54 Å². The largest absolute Gasteiger partial charge is 0.481 e. The summed E-state index contributed by atoms with van der Waals surface area (Å²) in [6.07, 6.45) is 1.53. The minimum absolute atomic E-state index is 0.0524. The van der Waals surface area contributed by atoms with Gasteiger partial charge in [-0.1, -0.05) is 13.8 Å². The molecule has 0 aromatic carbocycles. The van der Waals surface area contributed by atoms with Crippen LogP contribution in [0.3, 0.4) is 0 Å². The highest BCUT2D eigenvalue weighted by atomic mass is 16.4. The maximum Gasteiger partial charge on any atom is 0.303 e. The molecule has 0 radical (unpaired) electrons. The lowest BCUT2D eigenvalue weighted by Gasteiger charge is -2.20. The van der Waals surface area contributed by atoms with E-state index >= 15 is 0 Å². The van der Waals surface area contributed by atoms with Crippen LogP contribution in [-0.2, 0) is 14.4 Å². The van der Waals surface area contributed by atoms with E-state index < -0.39 is 5.97 Å². The van der Waals surface area contributed by atoms with Gasteiger partial charge in [-0.3, -0.25) is 14.4 Å². The van der Waals surface area contributed by atoms with Gasteiger partial charge in [-0.15, -0.1) is 0 Å². The molecule has 0 saturated carbocycles. The number of carbonyl (C=O) groups excluding carboxylic acids is 2. The third-order valence-corrected chi connectivity index (χ3v) is 3.43. The van der Waals surface area contributed by atoms with E-state index in [0.29, 0.717) is 18.9 Å². The molecule has 6 nitrogen and oxygen atoms in total. The molecule has 2 N–H and O–H groups in total. The maximum absolute atomic E-state index is 11.6. The molecule has 0 aliphatic heterocycles. The van der Waals surface area contributed by atoms with Gasteiger partial charge in [0.1, 0.15) is 0 Å². The number of amides is 2. The Labute approximate surface area is 120 Å². The molecule has 116 valence electrons. The van der Waals surface area contributed by atoms with Gasteiger partial charge in [0.25, 0.3) is 0 Å². The van der Waals surface area contributed by atoms with Gasteiger partial charge in [-0.2, -0.15) is 0 Å². The van der Waals surface area contributed by atoms with E-state index in [1.807, 2.05) is 0 Å². The molecule has 0 fully saturated rings. The van der Waals surface area contributed by atoms with Crippen LogP contribution in [0.25, 0.3) is 0 Å². The van der Waals surface area contributed by atoms with Crippen LogP contribution in [0, 0.1) is 11.8 Å². The molecule has 2 amide bonds. The molecule has 0 aliphatic carbocycles. The van der Waals surface area contributed by atoms with Gasteiger partial charge >= 0.3 is 5.97 Å². The fraction of sp³-hybridized carbons (Fsp3) is 0.786. The predicted molar refractivity (Wildman–Crippen MR) is 76.1 cm³/mol. The predicted octanol–water partition coefficient (Wildman–Crippen LogP) is 1.11. The topological polar surface area (TPSA) is 86.7 Å². The lowest BCUT2D eigenvalue weighted by atomic mass is 9.88. The van der Waals surface area contributed by atoms with Crippen molar-refractivity contribution < 1.29 is 19.5 Å². The van der Waals surface area contributed by atoms with Crippen molar-refractivity contribution in [3.05, 3.63) is 0 Å². The van der Waals surface area contributed by atoms with E-state index in [1.165, 1.54) is 11.8 Å². The Balaban J connectivity index is 4.01. The van der Waals surface area contributed by atoms with Crippen LogP contribution < -0.4 is 5.32 Å². The number of rotatable bonds is 9. The number of carbonyl (C=O) groups is 3. The molecule has 0 aromatic heterocycles. The third kappa shape index (κ3) is 8.50. The molecule has 0 bridgehead atoms. The number of hydrogen-bond acceptors (Lipinski definition) is 3. The molecule has 0 spiro atoms. The molecule has 6 heteroatoms. The lowest BCUT2D eigenvalue weighted by Crippen LogP contribution is -2.38. The summed E-state index contributed by atoms with van der Waals surface area (Å²) < 4.78 is 0. The third-order valence-electron chi connectivity index (χ3n) is 3.43. The van der Waals surface area contributed by atoms with Crippen LogP contribution in [-0.4, -0.2) is 47.9 Å². The molecule has 0 aliphatic rings. The van der Waals surface area contributed by atoms with Gasteiger partial charge in [0, 0.05) is 26.9 Å². The smallest absolute Gasteiger partial charge is 0.303 e. The van der Waals surface area contributed by atoms with Gasteiger partial charge in [-0.05, 0) is 24.7 Å². The minimum Gasteiger partial charge on any atom is -0.481 e. The van der Waals surface area contributed by atoms with Crippen molar-refractivity contribution in [2.24, 2.45) is 11.8 Å². The van der Waals surface area contributed by atoms with Crippen molar-refractivity contribution in [1.82, 2.24) is 10.2 Å². The quantitative estimate of drug-likeness (QED) is 0.664. The highest BCUT2D eigenvalue weighted by Crippen LogP contribution is 2.20. The number of carboxylic acids is 1. The van der Waals surface area contributed by atoms with Crippen molar-refractivity contribution in [2.75, 3.05) is 20.1 Å². The molecule has 20 heavy (non-hydrogen) atoms. The second kappa shape index (κ2) is 9.34. The highest BCUT2D eigenvalue weighted by molar-refractivity contribution is 5.83. The average Bonchev–Trinajstić information content (AvgIpc) is 2.32. The zero-order valence-electron chi connectivity index (χ0n) is 12.8. The first-order valence-corrected chi connectivity index (χ1v) is 6.94. The SMILES string of the molecule is CC(=O)N(C)CC(=O)NCCC(CCC(=O)O)C(C)C. The van der Waals surface area contributed by atoms with Gasteiger partial charge < -0.3 is 15.3 Å². The highest BCUT2D eigenvalue weighted by Gasteiger charge is 2.15. The summed E-state index contributed by atoms with van der Waals surface area (Å²) >= 11 is 0. The number of aliphatic carboxylic acids is 1. The van der Waals surface area contributed by atoms with Crippen molar-refractivity contribution in [3.63, 3.8) is 0 Å². The minimum atomic E-state index is -0.789. The summed E-state index contributed by atoms with van der Waals surface area (Å²) in [5.41, 5.74) is 0. The van der Waals surface area contributed by atoms with E-state index in [0.717, 1.165) is 6.42 Å². The Morgan fingerprint density at radius 1 is 1.20 bits per heavy atom. The molecule has 1 atom stereocenters. The van der Waals surface area contributed by atoms with Crippen LogP contribution in [0.4, 0.5) is 0 Å². The second-order valence-corrected chi connectivity index (χ2v) is 5.45. The number of likely N-dealkylation sites (N-methyl/N-ethyl adjacent to an activating group) is 1. The summed E-state index contributed by atoms with van der Waals surface area (Å²) in [7, 11) is 1.58. The van der Waals surface area contributed by atoms with Crippen LogP contribution in [0.5, 0.6) is 0 Å². The van der Waals surface area contributed by atoms with Crippen molar-refractivity contribution >= 4 is 17.8 Å². The Bertz CT molecular complexity index is 342. The average molecular weight is 286 g/mol. The summed E-state index contributed by atoms with van der Waals surface area (Å²) in [6.45, 7) is 6.08. The van der Waals surface area contributed by atoms with Gasteiger partial charge in [0.2, 0.25) is 11.8 Å². The van der Waals surface area contributed by atoms with Gasteiger partial charge in [-0.25, -0.2) is 0 Å². The molecular formula is C14H26N2O4. The normalized spacial score (nSPS) is 12.1. The van der Waals surface area contributed by atoms with Gasteiger partial charge in [0.15, 0.2) is 0 Å². The Morgan fingerprint density at radius 3 is 2.25 bits per heavy atom. The molecular weight excluding hydrogens is 260 g/mol. The fourth-order valence-electron chi connectivity index (χ4n) is 1.90. The van der Waals surface area contributed by atoms with Crippen molar-refractivity contribution in [1.29, 1.82) is 0 Å². The van der Waals surface area contributed by atoms with E-state index in [2.05, 4.69) is 19.2 Å². The molecule has 0 aromatic rings. The zero-order valence-corrected chi connectivity index (χ0v) is 12.8. The number of hydrogen-bond donors (Lipinski definition) is 2. The van der Waals surface area contributed by atoms with E-state index in [1.54, 1.807) is 7.05 Å². The zero-order chi connectivity index (χ0) is 15.7. The van der Waals surface area contributed by atoms with Crippen LogP contribution in [0.15, 0.2) is 0 Å². The number of nitrogens with one attached hydrogen (secondary N) is 1. The fourth-order valence-corrected chi connectivity index (χ4v) is 1.90. The van der Waals surface area contributed by atoms with Crippen molar-refractivity contribution in [3.8, 4) is 0 Å². The molecule has 0 saturated heterocycles. The molecule has 1 unspecified atom stereocenters. The summed E-state index contributed by atoms with van der Waals surface area (Å²) in [4.78, 5) is 34.5. The summed E-state index contributed by atoms with van der Waals surface area (Å²) in [5, 5.41) is 11.5. The van der Waals surface area contributed by atoms with Crippen LogP contribution >= 0.6 is 0 Å². The summed E-state index contributed by atoms with van der Waals surface area (Å²) in [6, 6.07) is 0. The van der Waals surface area contributed by atoms with E-state index in [-0.39, 0.29) is 30.7 Å². The summed E-state index contributed by atoms with van der Waals surface area (Å²) in [5.74, 6) is -0.476. The molecule has 0 rings (SSSR count). The molecule has 0 heterocycles. The Hall–Kier alpha value is -1.59. The first-order valence-electron chi connectivity index (χ1n) is 6.94.